The van der Waals surface area contributed by atoms with Crippen LogP contribution in [0.15, 0.2) is 40.6 Å². The normalized spacial score (nSPS) is 10.9. The molecule has 2 aromatic carbocycles. The number of rotatable bonds is 8. The van der Waals surface area contributed by atoms with E-state index in [1.54, 1.807) is 0 Å². The fraction of sp³-hybridized carbons (Fsp3) is 0.316. The maximum atomic E-state index is 14.1. The second kappa shape index (κ2) is 9.56. The zero-order valence-corrected chi connectivity index (χ0v) is 14.3. The van der Waals surface area contributed by atoms with Crippen molar-refractivity contribution in [1.82, 2.24) is 0 Å². The maximum Gasteiger partial charge on any atom is 0.206 e. The highest BCUT2D eigenvalue weighted by Gasteiger charge is 2.20. The minimum Gasteiger partial charge on any atom is -0.488 e. The van der Waals surface area contributed by atoms with Crippen molar-refractivity contribution in [1.29, 1.82) is 5.26 Å². The highest BCUT2D eigenvalue weighted by Crippen LogP contribution is 2.32. The average Bonchev–Trinajstić information content (AvgIpc) is 2.66. The van der Waals surface area contributed by atoms with Gasteiger partial charge in [-0.15, -0.1) is 5.11 Å². The van der Waals surface area contributed by atoms with E-state index < -0.39 is 28.9 Å². The molecule has 136 valence electrons. The Labute approximate surface area is 149 Å². The van der Waals surface area contributed by atoms with Gasteiger partial charge in [-0.05, 0) is 30.7 Å². The monoisotopic (exact) mass is 361 g/mol. The van der Waals surface area contributed by atoms with Crippen molar-refractivity contribution < 1.29 is 17.9 Å². The molecule has 0 spiro atoms. The summed E-state index contributed by atoms with van der Waals surface area (Å²) in [6, 6.07) is 8.66. The second-order valence-electron chi connectivity index (χ2n) is 5.60. The highest BCUT2D eigenvalue weighted by atomic mass is 19.2. The standard InChI is InChI=1S/C19H18F3N3O/c1-2-3-4-5-10-26-19-15(20)11-16(17(21)18(19)22)25-24-14-8-6-13(12-23)7-9-14/h6-9,11H,2-5,10H2,1H3/b25-24+. The molecule has 0 fully saturated rings. The summed E-state index contributed by atoms with van der Waals surface area (Å²) in [5, 5.41) is 16.0. The largest absolute Gasteiger partial charge is 0.488 e. The van der Waals surface area contributed by atoms with Gasteiger partial charge in [0.05, 0.1) is 23.9 Å². The van der Waals surface area contributed by atoms with Gasteiger partial charge in [-0.2, -0.15) is 14.8 Å². The molecule has 0 saturated carbocycles. The number of benzene rings is 2. The first-order valence-corrected chi connectivity index (χ1v) is 8.29. The van der Waals surface area contributed by atoms with Gasteiger partial charge in [-0.3, -0.25) is 0 Å². The van der Waals surface area contributed by atoms with Crippen molar-refractivity contribution in [2.24, 2.45) is 10.2 Å². The van der Waals surface area contributed by atoms with E-state index in [9.17, 15) is 13.2 Å². The van der Waals surface area contributed by atoms with Gasteiger partial charge in [0, 0.05) is 6.07 Å². The zero-order chi connectivity index (χ0) is 18.9. The Morgan fingerprint density at radius 3 is 2.38 bits per heavy atom. The summed E-state index contributed by atoms with van der Waals surface area (Å²) in [7, 11) is 0. The molecule has 0 saturated heterocycles. The van der Waals surface area contributed by atoms with Crippen LogP contribution in [-0.4, -0.2) is 6.61 Å². The van der Waals surface area contributed by atoms with Crippen LogP contribution in [0.2, 0.25) is 0 Å². The van der Waals surface area contributed by atoms with Crippen LogP contribution in [0.25, 0.3) is 0 Å². The number of ether oxygens (including phenoxy) is 1. The Balaban J connectivity index is 2.12. The van der Waals surface area contributed by atoms with E-state index in [1.807, 2.05) is 13.0 Å². The van der Waals surface area contributed by atoms with E-state index in [2.05, 4.69) is 10.2 Å². The predicted octanol–water partition coefficient (Wildman–Crippen LogP) is 6.35. The number of hydrogen-bond acceptors (Lipinski definition) is 4. The first-order valence-electron chi connectivity index (χ1n) is 8.29. The molecular formula is C19H18F3N3O. The lowest BCUT2D eigenvalue weighted by atomic mass is 10.2. The molecule has 0 unspecified atom stereocenters. The summed E-state index contributed by atoms with van der Waals surface area (Å²) < 4.78 is 47.2. The molecule has 2 rings (SSSR count). The SMILES string of the molecule is CCCCCCOc1c(F)cc(/N=N/c2ccc(C#N)cc2)c(F)c1F. The number of unbranched alkanes of at least 4 members (excludes halogenated alkanes) is 3. The molecule has 0 aromatic heterocycles. The summed E-state index contributed by atoms with van der Waals surface area (Å²) in [6.45, 7) is 2.15. The van der Waals surface area contributed by atoms with Crippen LogP contribution in [-0.2, 0) is 0 Å². The molecule has 0 aliphatic carbocycles. The number of nitriles is 1. The topological polar surface area (TPSA) is 57.7 Å². The molecule has 26 heavy (non-hydrogen) atoms. The fourth-order valence-corrected chi connectivity index (χ4v) is 2.19. The molecule has 0 radical (unpaired) electrons. The van der Waals surface area contributed by atoms with E-state index in [0.29, 0.717) is 17.7 Å². The Morgan fingerprint density at radius 2 is 1.73 bits per heavy atom. The lowest BCUT2D eigenvalue weighted by Crippen LogP contribution is -2.03. The van der Waals surface area contributed by atoms with Gasteiger partial charge in [-0.25, -0.2) is 8.78 Å². The van der Waals surface area contributed by atoms with E-state index in [1.165, 1.54) is 24.3 Å². The lowest BCUT2D eigenvalue weighted by Gasteiger charge is -2.09. The van der Waals surface area contributed by atoms with Gasteiger partial charge in [0.2, 0.25) is 5.82 Å². The third-order valence-electron chi connectivity index (χ3n) is 3.61. The summed E-state index contributed by atoms with van der Waals surface area (Å²) in [6.07, 6.45) is 3.53. The number of nitrogens with zero attached hydrogens (tertiary/aromatic N) is 3. The molecule has 7 heteroatoms. The average molecular weight is 361 g/mol. The minimum atomic E-state index is -1.42. The van der Waals surface area contributed by atoms with E-state index in [4.69, 9.17) is 10.00 Å². The van der Waals surface area contributed by atoms with Crippen molar-refractivity contribution in [3.05, 3.63) is 53.3 Å². The zero-order valence-electron chi connectivity index (χ0n) is 14.3. The minimum absolute atomic E-state index is 0.111. The first kappa shape index (κ1) is 19.4. The Bertz CT molecular complexity index is 814. The molecule has 0 aliphatic rings. The Morgan fingerprint density at radius 1 is 1.00 bits per heavy atom. The van der Waals surface area contributed by atoms with Crippen LogP contribution >= 0.6 is 0 Å². The van der Waals surface area contributed by atoms with Crippen LogP contribution < -0.4 is 4.74 Å². The molecule has 4 nitrogen and oxygen atoms in total. The smallest absolute Gasteiger partial charge is 0.206 e. The van der Waals surface area contributed by atoms with Crippen molar-refractivity contribution in [3.8, 4) is 11.8 Å². The lowest BCUT2D eigenvalue weighted by molar-refractivity contribution is 0.270. The van der Waals surface area contributed by atoms with Crippen LogP contribution in [0.3, 0.4) is 0 Å². The van der Waals surface area contributed by atoms with Gasteiger partial charge < -0.3 is 4.74 Å². The van der Waals surface area contributed by atoms with Crippen molar-refractivity contribution >= 4 is 11.4 Å². The van der Waals surface area contributed by atoms with Crippen molar-refractivity contribution in [2.75, 3.05) is 6.61 Å². The summed E-state index contributed by atoms with van der Waals surface area (Å²) in [5.74, 6) is -4.52. The molecule has 0 heterocycles. The van der Waals surface area contributed by atoms with E-state index >= 15 is 0 Å². The highest BCUT2D eigenvalue weighted by molar-refractivity contribution is 5.47. The quantitative estimate of drug-likeness (QED) is 0.312. The molecule has 0 aliphatic heterocycles. The van der Waals surface area contributed by atoms with Crippen LogP contribution in [0.4, 0.5) is 24.5 Å². The van der Waals surface area contributed by atoms with E-state index in [-0.39, 0.29) is 6.61 Å². The van der Waals surface area contributed by atoms with Gasteiger partial charge in [-0.1, -0.05) is 26.2 Å². The van der Waals surface area contributed by atoms with Gasteiger partial charge >= 0.3 is 0 Å². The number of azo groups is 1. The molecular weight excluding hydrogens is 343 g/mol. The molecule has 0 bridgehead atoms. The van der Waals surface area contributed by atoms with Crippen LogP contribution in [0.5, 0.6) is 5.75 Å². The van der Waals surface area contributed by atoms with Crippen LogP contribution in [0.1, 0.15) is 38.2 Å². The first-order chi connectivity index (χ1) is 12.6. The molecule has 0 atom stereocenters. The van der Waals surface area contributed by atoms with Crippen molar-refractivity contribution in [3.63, 3.8) is 0 Å². The third-order valence-corrected chi connectivity index (χ3v) is 3.61. The summed E-state index contributed by atoms with van der Waals surface area (Å²) in [4.78, 5) is 0. The Hall–Kier alpha value is -2.88. The van der Waals surface area contributed by atoms with Crippen molar-refractivity contribution in [2.45, 2.75) is 32.6 Å². The number of hydrogen-bond donors (Lipinski definition) is 0. The number of halogens is 3. The Kier molecular flexibility index (Phi) is 7.15. The summed E-state index contributed by atoms with van der Waals surface area (Å²) >= 11 is 0. The van der Waals surface area contributed by atoms with Crippen LogP contribution in [0, 0.1) is 28.8 Å². The maximum absolute atomic E-state index is 14.1. The summed E-state index contributed by atoms with van der Waals surface area (Å²) in [5.41, 5.74) is 0.177. The fourth-order valence-electron chi connectivity index (χ4n) is 2.19. The van der Waals surface area contributed by atoms with Gasteiger partial charge in [0.25, 0.3) is 0 Å². The van der Waals surface area contributed by atoms with Gasteiger partial charge in [0.1, 0.15) is 5.69 Å². The molecule has 2 aromatic rings. The second-order valence-corrected chi connectivity index (χ2v) is 5.60. The predicted molar refractivity (Wildman–Crippen MR) is 91.3 cm³/mol. The van der Waals surface area contributed by atoms with E-state index in [0.717, 1.165) is 25.3 Å². The van der Waals surface area contributed by atoms with Gasteiger partial charge in [0.15, 0.2) is 17.4 Å². The molecule has 0 amide bonds. The molecule has 0 N–H and O–H groups in total. The third kappa shape index (κ3) is 5.06.